The van der Waals surface area contributed by atoms with E-state index < -0.39 is 23.8 Å². The second kappa shape index (κ2) is 6.07. The summed E-state index contributed by atoms with van der Waals surface area (Å²) >= 11 is 0. The summed E-state index contributed by atoms with van der Waals surface area (Å²) in [6.07, 6.45) is 1.85. The maximum Gasteiger partial charge on any atom is 0.410 e. The molecule has 0 radical (unpaired) electrons. The maximum atomic E-state index is 11.8. The summed E-state index contributed by atoms with van der Waals surface area (Å²) in [5.41, 5.74) is -0.567. The van der Waals surface area contributed by atoms with Crippen LogP contribution in [0.15, 0.2) is 0 Å². The van der Waals surface area contributed by atoms with Gasteiger partial charge in [-0.3, -0.25) is 0 Å². The lowest BCUT2D eigenvalue weighted by molar-refractivity contribution is -0.164. The fourth-order valence-electron chi connectivity index (χ4n) is 1.74. The monoisotopic (exact) mass is 257 g/mol. The molecule has 104 valence electrons. The molecule has 1 unspecified atom stereocenters. The Hall–Kier alpha value is -1.26. The molecule has 1 atom stereocenters. The highest BCUT2D eigenvalue weighted by Crippen LogP contribution is 2.13. The third-order valence-corrected chi connectivity index (χ3v) is 2.63. The second-order valence-electron chi connectivity index (χ2n) is 5.61. The average Bonchev–Trinajstić information content (AvgIpc) is 2.27. The van der Waals surface area contributed by atoms with Gasteiger partial charge in [-0.2, -0.15) is 0 Å². The van der Waals surface area contributed by atoms with Crippen LogP contribution in [0.3, 0.4) is 0 Å². The molecule has 1 aliphatic rings. The molecule has 18 heavy (non-hydrogen) atoms. The van der Waals surface area contributed by atoms with Crippen molar-refractivity contribution in [3.05, 3.63) is 0 Å². The van der Waals surface area contributed by atoms with Crippen molar-refractivity contribution in [2.45, 2.75) is 58.7 Å². The highest BCUT2D eigenvalue weighted by molar-refractivity contribution is 5.78. The summed E-state index contributed by atoms with van der Waals surface area (Å²) in [7, 11) is 0. The van der Waals surface area contributed by atoms with Crippen LogP contribution in [0.2, 0.25) is 0 Å². The number of hydrogen-bond donors (Lipinski definition) is 0. The summed E-state index contributed by atoms with van der Waals surface area (Å²) < 4.78 is 10.3. The zero-order valence-electron chi connectivity index (χ0n) is 11.7. The molecule has 0 bridgehead atoms. The Morgan fingerprint density at radius 1 is 1.11 bits per heavy atom. The lowest BCUT2D eigenvalue weighted by atomic mass is 10.1. The van der Waals surface area contributed by atoms with Crippen molar-refractivity contribution >= 4 is 12.1 Å². The van der Waals surface area contributed by atoms with Gasteiger partial charge in [0, 0.05) is 13.1 Å². The van der Waals surface area contributed by atoms with E-state index in [1.807, 2.05) is 0 Å². The van der Waals surface area contributed by atoms with Gasteiger partial charge in [0.2, 0.25) is 0 Å². The van der Waals surface area contributed by atoms with Crippen LogP contribution in [0.5, 0.6) is 0 Å². The Balaban J connectivity index is 2.41. The third-order valence-electron chi connectivity index (χ3n) is 2.63. The highest BCUT2D eigenvalue weighted by atomic mass is 16.6. The first kappa shape index (κ1) is 14.8. The van der Waals surface area contributed by atoms with Crippen LogP contribution in [-0.4, -0.2) is 41.8 Å². The van der Waals surface area contributed by atoms with Crippen molar-refractivity contribution in [2.24, 2.45) is 0 Å². The van der Waals surface area contributed by atoms with Crippen LogP contribution in [0, 0.1) is 0 Å². The minimum absolute atomic E-state index is 0.423. The van der Waals surface area contributed by atoms with Crippen molar-refractivity contribution in [3.8, 4) is 0 Å². The van der Waals surface area contributed by atoms with Crippen LogP contribution in [-0.2, 0) is 14.3 Å². The molecule has 0 saturated carbocycles. The van der Waals surface area contributed by atoms with Crippen LogP contribution in [0.25, 0.3) is 0 Å². The van der Waals surface area contributed by atoms with Gasteiger partial charge >= 0.3 is 12.1 Å². The van der Waals surface area contributed by atoms with Gasteiger partial charge in [0.15, 0.2) is 6.10 Å². The molecule has 1 amide bonds. The van der Waals surface area contributed by atoms with Gasteiger partial charge in [-0.25, -0.2) is 9.59 Å². The predicted molar refractivity (Wildman–Crippen MR) is 67.2 cm³/mol. The molecule has 1 rings (SSSR count). The topological polar surface area (TPSA) is 55.8 Å². The number of likely N-dealkylation sites (tertiary alicyclic amines) is 1. The lowest BCUT2D eigenvalue weighted by Crippen LogP contribution is -2.40. The number of amides is 1. The SMILES string of the molecule is CC(OC(=O)N1CCCCC1)C(=O)OC(C)(C)C. The van der Waals surface area contributed by atoms with Gasteiger partial charge in [-0.1, -0.05) is 0 Å². The molecule has 0 N–H and O–H groups in total. The zero-order valence-corrected chi connectivity index (χ0v) is 11.7. The fraction of sp³-hybridized carbons (Fsp3) is 0.846. The highest BCUT2D eigenvalue weighted by Gasteiger charge is 2.27. The largest absolute Gasteiger partial charge is 0.457 e. The smallest absolute Gasteiger partial charge is 0.410 e. The molecular formula is C13H23NO4. The number of rotatable bonds is 2. The van der Waals surface area contributed by atoms with Gasteiger partial charge in [0.1, 0.15) is 5.60 Å². The molecule has 0 aromatic heterocycles. The van der Waals surface area contributed by atoms with Crippen molar-refractivity contribution in [1.82, 2.24) is 4.90 Å². The number of carbonyl (C=O) groups excluding carboxylic acids is 2. The maximum absolute atomic E-state index is 11.8. The Bertz CT molecular complexity index is 303. The lowest BCUT2D eigenvalue weighted by Gasteiger charge is -2.28. The van der Waals surface area contributed by atoms with Gasteiger partial charge in [0.25, 0.3) is 0 Å². The fourth-order valence-corrected chi connectivity index (χ4v) is 1.74. The van der Waals surface area contributed by atoms with Crippen LogP contribution < -0.4 is 0 Å². The number of carbonyl (C=O) groups is 2. The van der Waals surface area contributed by atoms with E-state index in [9.17, 15) is 9.59 Å². The summed E-state index contributed by atoms with van der Waals surface area (Å²) in [6.45, 7) is 8.30. The number of esters is 1. The van der Waals surface area contributed by atoms with Gasteiger partial charge < -0.3 is 14.4 Å². The first-order valence-electron chi connectivity index (χ1n) is 6.48. The van der Waals surface area contributed by atoms with Gasteiger partial charge in [-0.15, -0.1) is 0 Å². The molecule has 0 spiro atoms. The van der Waals surface area contributed by atoms with Crippen LogP contribution in [0.4, 0.5) is 4.79 Å². The standard InChI is InChI=1S/C13H23NO4/c1-10(11(15)18-13(2,3)4)17-12(16)14-8-6-5-7-9-14/h10H,5-9H2,1-4H3. The zero-order chi connectivity index (χ0) is 13.8. The van der Waals surface area contributed by atoms with Crippen LogP contribution >= 0.6 is 0 Å². The van der Waals surface area contributed by atoms with E-state index in [2.05, 4.69) is 0 Å². The first-order valence-corrected chi connectivity index (χ1v) is 6.48. The number of hydrogen-bond acceptors (Lipinski definition) is 4. The number of piperidine rings is 1. The minimum atomic E-state index is -0.862. The summed E-state index contributed by atoms with van der Waals surface area (Å²) in [5.74, 6) is -0.507. The quantitative estimate of drug-likeness (QED) is 0.712. The van der Waals surface area contributed by atoms with E-state index in [1.54, 1.807) is 25.7 Å². The van der Waals surface area contributed by atoms with Gasteiger partial charge in [-0.05, 0) is 47.0 Å². The van der Waals surface area contributed by atoms with Gasteiger partial charge in [0.05, 0.1) is 0 Å². The molecule has 1 fully saturated rings. The second-order valence-corrected chi connectivity index (χ2v) is 5.61. The first-order chi connectivity index (χ1) is 8.29. The molecule has 0 aromatic rings. The van der Waals surface area contributed by atoms with E-state index in [1.165, 1.54) is 6.92 Å². The van der Waals surface area contributed by atoms with E-state index in [0.717, 1.165) is 19.3 Å². The minimum Gasteiger partial charge on any atom is -0.457 e. The normalized spacial score (nSPS) is 18.1. The predicted octanol–water partition coefficient (Wildman–Crippen LogP) is 2.34. The average molecular weight is 257 g/mol. The molecule has 1 aliphatic heterocycles. The van der Waals surface area contributed by atoms with E-state index in [0.29, 0.717) is 13.1 Å². The Kier molecular flexibility index (Phi) is 4.99. The number of nitrogens with zero attached hydrogens (tertiary/aromatic N) is 1. The Morgan fingerprint density at radius 3 is 2.17 bits per heavy atom. The van der Waals surface area contributed by atoms with Crippen molar-refractivity contribution < 1.29 is 19.1 Å². The van der Waals surface area contributed by atoms with E-state index >= 15 is 0 Å². The molecular weight excluding hydrogens is 234 g/mol. The summed E-state index contributed by atoms with van der Waals surface area (Å²) in [5, 5.41) is 0. The summed E-state index contributed by atoms with van der Waals surface area (Å²) in [4.78, 5) is 25.1. The van der Waals surface area contributed by atoms with Crippen molar-refractivity contribution in [1.29, 1.82) is 0 Å². The van der Waals surface area contributed by atoms with E-state index in [-0.39, 0.29) is 0 Å². The summed E-state index contributed by atoms with van der Waals surface area (Å²) in [6, 6.07) is 0. The third kappa shape index (κ3) is 4.94. The Morgan fingerprint density at radius 2 is 1.67 bits per heavy atom. The van der Waals surface area contributed by atoms with Crippen molar-refractivity contribution in [2.75, 3.05) is 13.1 Å². The molecule has 1 heterocycles. The number of ether oxygens (including phenoxy) is 2. The Labute approximate surface area is 108 Å². The molecule has 0 aromatic carbocycles. The van der Waals surface area contributed by atoms with Crippen LogP contribution in [0.1, 0.15) is 47.0 Å². The molecule has 0 aliphatic carbocycles. The van der Waals surface area contributed by atoms with E-state index in [4.69, 9.17) is 9.47 Å². The molecule has 5 nitrogen and oxygen atoms in total. The van der Waals surface area contributed by atoms with Crippen molar-refractivity contribution in [3.63, 3.8) is 0 Å². The molecule has 1 saturated heterocycles. The molecule has 5 heteroatoms.